The van der Waals surface area contributed by atoms with Crippen molar-refractivity contribution in [1.29, 1.82) is 0 Å². The van der Waals surface area contributed by atoms with Crippen molar-refractivity contribution in [3.05, 3.63) is 48.0 Å². The van der Waals surface area contributed by atoms with Crippen LogP contribution in [0.15, 0.2) is 42.5 Å². The molecule has 4 bridgehead atoms. The molecule has 4 aliphatic carbocycles. The zero-order valence-electron chi connectivity index (χ0n) is 14.0. The van der Waals surface area contributed by atoms with Gasteiger partial charge >= 0.3 is 5.97 Å². The highest BCUT2D eigenvalue weighted by atomic mass is 16.5. The average molecular weight is 320 g/mol. The minimum atomic E-state index is -0.153. The molecule has 2 aromatic carbocycles. The normalized spacial score (nSPS) is 33.8. The van der Waals surface area contributed by atoms with Gasteiger partial charge in [-0.1, -0.05) is 42.5 Å². The highest BCUT2D eigenvalue weighted by Crippen LogP contribution is 2.60. The molecular formula is C22H24O2. The van der Waals surface area contributed by atoms with E-state index in [0.29, 0.717) is 6.61 Å². The number of benzene rings is 2. The minimum absolute atomic E-state index is 0.0783. The molecule has 6 rings (SSSR count). The van der Waals surface area contributed by atoms with Gasteiger partial charge in [-0.05, 0) is 72.6 Å². The second-order valence-electron chi connectivity index (χ2n) is 8.41. The average Bonchev–Trinajstić information content (AvgIpc) is 2.58. The van der Waals surface area contributed by atoms with E-state index in [9.17, 15) is 4.79 Å². The Morgan fingerprint density at radius 1 is 0.917 bits per heavy atom. The van der Waals surface area contributed by atoms with Gasteiger partial charge < -0.3 is 4.74 Å². The lowest BCUT2D eigenvalue weighted by Gasteiger charge is -2.55. The fourth-order valence-electron chi connectivity index (χ4n) is 6.08. The molecule has 0 unspecified atom stereocenters. The van der Waals surface area contributed by atoms with Crippen molar-refractivity contribution in [3.63, 3.8) is 0 Å². The molecule has 0 heterocycles. The van der Waals surface area contributed by atoms with Gasteiger partial charge in [0.2, 0.25) is 0 Å². The number of carbonyl (C=O) groups is 1. The highest BCUT2D eigenvalue weighted by molar-refractivity contribution is 5.86. The fourth-order valence-corrected chi connectivity index (χ4v) is 6.08. The zero-order valence-corrected chi connectivity index (χ0v) is 14.0. The Hall–Kier alpha value is -1.83. The topological polar surface area (TPSA) is 26.3 Å². The lowest BCUT2D eigenvalue weighted by atomic mass is 9.49. The molecule has 2 aromatic rings. The molecule has 4 fully saturated rings. The number of hydrogen-bond acceptors (Lipinski definition) is 2. The number of ether oxygens (including phenoxy) is 1. The molecule has 4 aliphatic rings. The maximum Gasteiger partial charge on any atom is 0.312 e. The first-order chi connectivity index (χ1) is 11.7. The summed E-state index contributed by atoms with van der Waals surface area (Å²) in [4.78, 5) is 13.0. The van der Waals surface area contributed by atoms with E-state index in [4.69, 9.17) is 4.74 Å². The summed E-state index contributed by atoms with van der Waals surface area (Å²) in [5, 5.41) is 2.40. The van der Waals surface area contributed by atoms with E-state index in [2.05, 4.69) is 30.3 Å². The van der Waals surface area contributed by atoms with Crippen LogP contribution in [-0.2, 0) is 16.1 Å². The summed E-state index contributed by atoms with van der Waals surface area (Å²) in [6, 6.07) is 14.6. The molecule has 4 saturated carbocycles. The van der Waals surface area contributed by atoms with Crippen LogP contribution in [0.1, 0.15) is 44.1 Å². The third-order valence-corrected chi connectivity index (χ3v) is 6.71. The van der Waals surface area contributed by atoms with Crippen molar-refractivity contribution < 1.29 is 9.53 Å². The minimum Gasteiger partial charge on any atom is -0.460 e. The number of esters is 1. The Morgan fingerprint density at radius 3 is 2.25 bits per heavy atom. The van der Waals surface area contributed by atoms with Gasteiger partial charge in [0, 0.05) is 0 Å². The lowest BCUT2D eigenvalue weighted by Crippen LogP contribution is -2.50. The third-order valence-electron chi connectivity index (χ3n) is 6.71. The van der Waals surface area contributed by atoms with Gasteiger partial charge in [0.05, 0.1) is 5.41 Å². The van der Waals surface area contributed by atoms with Crippen LogP contribution in [-0.4, -0.2) is 5.97 Å². The molecule has 2 heteroatoms. The Labute approximate surface area is 143 Å². The quantitative estimate of drug-likeness (QED) is 0.736. The van der Waals surface area contributed by atoms with Crippen LogP contribution in [0.25, 0.3) is 10.8 Å². The molecule has 2 nitrogen and oxygen atoms in total. The van der Waals surface area contributed by atoms with Crippen LogP contribution in [0.3, 0.4) is 0 Å². The monoisotopic (exact) mass is 320 g/mol. The van der Waals surface area contributed by atoms with E-state index < -0.39 is 0 Å². The first kappa shape index (κ1) is 14.5. The Bertz CT molecular complexity index is 751. The van der Waals surface area contributed by atoms with E-state index in [1.807, 2.05) is 12.1 Å². The summed E-state index contributed by atoms with van der Waals surface area (Å²) < 4.78 is 5.88. The predicted octanol–water partition coefficient (Wildman–Crippen LogP) is 5.10. The molecule has 0 spiro atoms. The largest absolute Gasteiger partial charge is 0.460 e. The maximum atomic E-state index is 13.0. The Morgan fingerprint density at radius 2 is 1.54 bits per heavy atom. The van der Waals surface area contributed by atoms with Crippen molar-refractivity contribution in [3.8, 4) is 0 Å². The smallest absolute Gasteiger partial charge is 0.312 e. The number of carbonyl (C=O) groups excluding carboxylic acids is 1. The van der Waals surface area contributed by atoms with Crippen LogP contribution in [0.2, 0.25) is 0 Å². The SMILES string of the molecule is O=C(OCc1cccc2ccccc12)C12CC3CC(CC(C3)C1)C2. The van der Waals surface area contributed by atoms with Crippen molar-refractivity contribution in [2.75, 3.05) is 0 Å². The molecule has 0 saturated heterocycles. The standard InChI is InChI=1S/C22H24O2/c23-21(22-11-15-8-16(12-22)10-17(9-15)13-22)24-14-19-6-3-5-18-4-1-2-7-20(18)19/h1-7,15-17H,8-14H2. The maximum absolute atomic E-state index is 13.0. The van der Waals surface area contributed by atoms with Crippen LogP contribution in [0.5, 0.6) is 0 Å². The van der Waals surface area contributed by atoms with Gasteiger partial charge in [0.25, 0.3) is 0 Å². The van der Waals surface area contributed by atoms with Gasteiger partial charge in [-0.2, -0.15) is 0 Å². The molecule has 0 amide bonds. The summed E-state index contributed by atoms with van der Waals surface area (Å²) >= 11 is 0. The summed E-state index contributed by atoms with van der Waals surface area (Å²) in [6.45, 7) is 0.405. The van der Waals surface area contributed by atoms with Crippen molar-refractivity contribution in [2.24, 2.45) is 23.2 Å². The Kier molecular flexibility index (Phi) is 3.23. The van der Waals surface area contributed by atoms with Gasteiger partial charge in [-0.25, -0.2) is 0 Å². The molecule has 0 N–H and O–H groups in total. The molecular weight excluding hydrogens is 296 g/mol. The van der Waals surface area contributed by atoms with E-state index in [-0.39, 0.29) is 11.4 Å². The van der Waals surface area contributed by atoms with Gasteiger partial charge in [0.15, 0.2) is 0 Å². The van der Waals surface area contributed by atoms with Gasteiger partial charge in [0.1, 0.15) is 6.61 Å². The van der Waals surface area contributed by atoms with E-state index in [1.54, 1.807) is 0 Å². The van der Waals surface area contributed by atoms with Gasteiger partial charge in [-0.15, -0.1) is 0 Å². The van der Waals surface area contributed by atoms with E-state index >= 15 is 0 Å². The number of rotatable bonds is 3. The van der Waals surface area contributed by atoms with Crippen LogP contribution >= 0.6 is 0 Å². The van der Waals surface area contributed by atoms with Crippen molar-refractivity contribution >= 4 is 16.7 Å². The summed E-state index contributed by atoms with van der Waals surface area (Å²) in [5.41, 5.74) is 0.963. The molecule has 0 radical (unpaired) electrons. The van der Waals surface area contributed by atoms with Gasteiger partial charge in [-0.3, -0.25) is 4.79 Å². The van der Waals surface area contributed by atoms with E-state index in [0.717, 1.165) is 42.6 Å². The number of fused-ring (bicyclic) bond motifs is 1. The first-order valence-corrected chi connectivity index (χ1v) is 9.36. The Balaban J connectivity index is 1.36. The van der Waals surface area contributed by atoms with Crippen molar-refractivity contribution in [2.45, 2.75) is 45.1 Å². The van der Waals surface area contributed by atoms with Crippen LogP contribution in [0.4, 0.5) is 0 Å². The van der Waals surface area contributed by atoms with E-state index in [1.165, 1.54) is 30.0 Å². The molecule has 0 aromatic heterocycles. The summed E-state index contributed by atoms with van der Waals surface area (Å²) in [5.74, 6) is 2.42. The second kappa shape index (κ2) is 5.34. The summed E-state index contributed by atoms with van der Waals surface area (Å²) in [6.07, 6.45) is 7.30. The molecule has 24 heavy (non-hydrogen) atoms. The van der Waals surface area contributed by atoms with Crippen LogP contribution < -0.4 is 0 Å². The number of hydrogen-bond donors (Lipinski definition) is 0. The van der Waals surface area contributed by atoms with Crippen molar-refractivity contribution in [1.82, 2.24) is 0 Å². The molecule has 0 aliphatic heterocycles. The second-order valence-corrected chi connectivity index (χ2v) is 8.41. The highest BCUT2D eigenvalue weighted by Gasteiger charge is 2.55. The molecule has 0 atom stereocenters. The predicted molar refractivity (Wildman–Crippen MR) is 94.3 cm³/mol. The lowest BCUT2D eigenvalue weighted by molar-refractivity contribution is -0.172. The summed E-state index contributed by atoms with van der Waals surface area (Å²) in [7, 11) is 0. The van der Waals surface area contributed by atoms with Crippen LogP contribution in [0, 0.1) is 23.2 Å². The molecule has 124 valence electrons. The third kappa shape index (κ3) is 2.27. The zero-order chi connectivity index (χ0) is 16.1. The first-order valence-electron chi connectivity index (χ1n) is 9.36. The fraction of sp³-hybridized carbons (Fsp3) is 0.500.